The molecule has 0 spiro atoms. The van der Waals surface area contributed by atoms with Gasteiger partial charge in [-0.3, -0.25) is 9.59 Å². The van der Waals surface area contributed by atoms with Crippen LogP contribution in [0.2, 0.25) is 0 Å². The molecule has 0 bridgehead atoms. The molecule has 2 aliphatic rings. The van der Waals surface area contributed by atoms with Gasteiger partial charge in [0.15, 0.2) is 0 Å². The van der Waals surface area contributed by atoms with E-state index in [1.165, 1.54) is 16.5 Å². The number of hydrogen-bond donors (Lipinski definition) is 1. The summed E-state index contributed by atoms with van der Waals surface area (Å²) in [4.78, 5) is 27.8. The molecule has 0 saturated heterocycles. The van der Waals surface area contributed by atoms with Gasteiger partial charge >= 0.3 is 0 Å². The number of benzene rings is 2. The molecule has 1 fully saturated rings. The summed E-state index contributed by atoms with van der Waals surface area (Å²) in [5, 5.41) is 2.90. The third kappa shape index (κ3) is 4.08. The predicted octanol–water partition coefficient (Wildman–Crippen LogP) is 4.36. The fraction of sp³-hybridized carbons (Fsp3) is 0.273. The largest absolute Gasteiger partial charge is 0.322 e. The molecule has 0 unspecified atom stereocenters. The van der Waals surface area contributed by atoms with Crippen molar-refractivity contribution in [3.05, 3.63) is 59.7 Å². The van der Waals surface area contributed by atoms with E-state index in [0.29, 0.717) is 0 Å². The van der Waals surface area contributed by atoms with Crippen LogP contribution in [-0.2, 0) is 16.0 Å². The number of rotatable bonds is 5. The van der Waals surface area contributed by atoms with E-state index in [-0.39, 0.29) is 17.7 Å². The molecule has 0 atom stereocenters. The Labute approximate surface area is 163 Å². The molecule has 4 nitrogen and oxygen atoms in total. The van der Waals surface area contributed by atoms with Crippen LogP contribution in [-0.4, -0.2) is 24.6 Å². The standard InChI is InChI=1S/C22H22N2O2S/c1-27-19-9-2-15(3-10-19)4-11-21(25)23-18-8-7-16-12-13-24(20(16)14-18)22(26)17-5-6-17/h2-4,7-11,14,17H,5-6,12-13H2,1H3,(H,23,25). The average molecular weight is 378 g/mol. The first kappa shape index (κ1) is 17.9. The lowest BCUT2D eigenvalue weighted by atomic mass is 10.1. The number of nitrogens with zero attached hydrogens (tertiary/aromatic N) is 1. The SMILES string of the molecule is CSc1ccc(C=CC(=O)Nc2ccc3c(c2)N(C(=O)C2CC2)CC3)cc1. The van der Waals surface area contributed by atoms with Gasteiger partial charge in [-0.25, -0.2) is 0 Å². The first-order chi connectivity index (χ1) is 13.1. The highest BCUT2D eigenvalue weighted by molar-refractivity contribution is 7.98. The molecule has 27 heavy (non-hydrogen) atoms. The minimum atomic E-state index is -0.179. The van der Waals surface area contributed by atoms with E-state index in [1.54, 1.807) is 17.8 Å². The van der Waals surface area contributed by atoms with Gasteiger partial charge in [0, 0.05) is 34.8 Å². The van der Waals surface area contributed by atoms with Gasteiger partial charge in [-0.05, 0) is 67.0 Å². The second-order valence-corrected chi connectivity index (χ2v) is 7.83. The Balaban J connectivity index is 1.43. The number of carbonyl (C=O) groups excluding carboxylic acids is 2. The summed E-state index contributed by atoms with van der Waals surface area (Å²) in [6.07, 6.45) is 8.26. The van der Waals surface area contributed by atoms with Gasteiger partial charge in [0.2, 0.25) is 11.8 Å². The third-order valence-electron chi connectivity index (χ3n) is 4.98. The molecular formula is C22H22N2O2S. The smallest absolute Gasteiger partial charge is 0.248 e. The van der Waals surface area contributed by atoms with Crippen LogP contribution < -0.4 is 10.2 Å². The van der Waals surface area contributed by atoms with Crippen LogP contribution in [0.15, 0.2) is 53.4 Å². The number of carbonyl (C=O) groups is 2. The maximum absolute atomic E-state index is 12.4. The van der Waals surface area contributed by atoms with E-state index in [4.69, 9.17) is 0 Å². The summed E-state index contributed by atoms with van der Waals surface area (Å²) in [5.74, 6) is 0.252. The highest BCUT2D eigenvalue weighted by atomic mass is 32.2. The van der Waals surface area contributed by atoms with Crippen molar-refractivity contribution < 1.29 is 9.59 Å². The zero-order chi connectivity index (χ0) is 18.8. The van der Waals surface area contributed by atoms with Crippen molar-refractivity contribution in [3.63, 3.8) is 0 Å². The Bertz CT molecular complexity index is 901. The molecule has 1 aliphatic heterocycles. The Kier molecular flexibility index (Phi) is 5.03. The number of thioether (sulfide) groups is 1. The quantitative estimate of drug-likeness (QED) is 0.621. The van der Waals surface area contributed by atoms with Crippen molar-refractivity contribution in [2.24, 2.45) is 5.92 Å². The van der Waals surface area contributed by atoms with Crippen LogP contribution in [0.1, 0.15) is 24.0 Å². The first-order valence-electron chi connectivity index (χ1n) is 9.21. The van der Waals surface area contributed by atoms with Gasteiger partial charge in [-0.15, -0.1) is 11.8 Å². The minimum Gasteiger partial charge on any atom is -0.322 e. The van der Waals surface area contributed by atoms with Crippen molar-refractivity contribution in [2.75, 3.05) is 23.0 Å². The van der Waals surface area contributed by atoms with Gasteiger partial charge in [0.25, 0.3) is 0 Å². The Morgan fingerprint density at radius 2 is 1.93 bits per heavy atom. The number of hydrogen-bond acceptors (Lipinski definition) is 3. The van der Waals surface area contributed by atoms with Crippen LogP contribution in [0, 0.1) is 5.92 Å². The van der Waals surface area contributed by atoms with E-state index in [1.807, 2.05) is 53.6 Å². The maximum Gasteiger partial charge on any atom is 0.248 e. The van der Waals surface area contributed by atoms with Crippen LogP contribution in [0.25, 0.3) is 6.08 Å². The molecule has 2 aromatic carbocycles. The molecule has 2 amide bonds. The summed E-state index contributed by atoms with van der Waals surface area (Å²) in [5.41, 5.74) is 3.82. The summed E-state index contributed by atoms with van der Waals surface area (Å²) >= 11 is 1.69. The van der Waals surface area contributed by atoms with E-state index in [9.17, 15) is 9.59 Å². The lowest BCUT2D eigenvalue weighted by Gasteiger charge is -2.17. The van der Waals surface area contributed by atoms with Gasteiger partial charge in [0.05, 0.1) is 0 Å². The average Bonchev–Trinajstić information content (AvgIpc) is 3.46. The van der Waals surface area contributed by atoms with Crippen LogP contribution in [0.4, 0.5) is 11.4 Å². The highest BCUT2D eigenvalue weighted by Gasteiger charge is 2.36. The van der Waals surface area contributed by atoms with Crippen LogP contribution in [0.3, 0.4) is 0 Å². The normalized spacial score (nSPS) is 15.8. The van der Waals surface area contributed by atoms with E-state index >= 15 is 0 Å². The van der Waals surface area contributed by atoms with Crippen molar-refractivity contribution in [3.8, 4) is 0 Å². The molecule has 0 aromatic heterocycles. The molecule has 138 valence electrons. The third-order valence-corrected chi connectivity index (χ3v) is 5.73. The van der Waals surface area contributed by atoms with Crippen molar-refractivity contribution in [2.45, 2.75) is 24.2 Å². The number of fused-ring (bicyclic) bond motifs is 1. The minimum absolute atomic E-state index is 0.179. The van der Waals surface area contributed by atoms with E-state index in [0.717, 1.165) is 42.7 Å². The lowest BCUT2D eigenvalue weighted by molar-refractivity contribution is -0.119. The van der Waals surface area contributed by atoms with Crippen LogP contribution in [0.5, 0.6) is 0 Å². The molecule has 2 aromatic rings. The number of anilines is 2. The van der Waals surface area contributed by atoms with Gasteiger partial charge < -0.3 is 10.2 Å². The summed E-state index contributed by atoms with van der Waals surface area (Å²) in [6.45, 7) is 0.744. The first-order valence-corrected chi connectivity index (χ1v) is 10.4. The molecule has 1 saturated carbocycles. The van der Waals surface area contributed by atoms with Crippen LogP contribution >= 0.6 is 11.8 Å². The molecule has 1 aliphatic carbocycles. The lowest BCUT2D eigenvalue weighted by Crippen LogP contribution is -2.30. The summed E-state index contributed by atoms with van der Waals surface area (Å²) < 4.78 is 0. The second-order valence-electron chi connectivity index (χ2n) is 6.95. The topological polar surface area (TPSA) is 49.4 Å². The van der Waals surface area contributed by atoms with Gasteiger partial charge in [-0.2, -0.15) is 0 Å². The number of amides is 2. The van der Waals surface area contributed by atoms with Crippen molar-refractivity contribution in [1.29, 1.82) is 0 Å². The molecule has 1 N–H and O–H groups in total. The van der Waals surface area contributed by atoms with E-state index in [2.05, 4.69) is 5.32 Å². The van der Waals surface area contributed by atoms with Gasteiger partial charge in [0.1, 0.15) is 0 Å². The molecular weight excluding hydrogens is 356 g/mol. The zero-order valence-electron chi connectivity index (χ0n) is 15.3. The molecule has 5 heteroatoms. The number of nitrogens with one attached hydrogen (secondary N) is 1. The Morgan fingerprint density at radius 3 is 2.63 bits per heavy atom. The maximum atomic E-state index is 12.4. The fourth-order valence-corrected chi connectivity index (χ4v) is 3.72. The molecule has 0 radical (unpaired) electrons. The molecule has 1 heterocycles. The Hall–Kier alpha value is -2.53. The zero-order valence-corrected chi connectivity index (χ0v) is 16.1. The highest BCUT2D eigenvalue weighted by Crippen LogP contribution is 2.37. The summed E-state index contributed by atoms with van der Waals surface area (Å²) in [7, 11) is 0. The van der Waals surface area contributed by atoms with Crippen molar-refractivity contribution >= 4 is 41.0 Å². The second kappa shape index (κ2) is 7.61. The van der Waals surface area contributed by atoms with Gasteiger partial charge in [-0.1, -0.05) is 18.2 Å². The molecule has 4 rings (SSSR count). The predicted molar refractivity (Wildman–Crippen MR) is 111 cm³/mol. The van der Waals surface area contributed by atoms with Crippen molar-refractivity contribution in [1.82, 2.24) is 0 Å². The fourth-order valence-electron chi connectivity index (χ4n) is 3.31. The Morgan fingerprint density at radius 1 is 1.15 bits per heavy atom. The van der Waals surface area contributed by atoms with E-state index < -0.39 is 0 Å². The monoisotopic (exact) mass is 378 g/mol. The summed E-state index contributed by atoms with van der Waals surface area (Å²) in [6, 6.07) is 13.9.